The number of rotatable bonds is 5. The monoisotopic (exact) mass is 259 g/mol. The van der Waals surface area contributed by atoms with Gasteiger partial charge in [-0.05, 0) is 18.1 Å². The summed E-state index contributed by atoms with van der Waals surface area (Å²) in [5.74, 6) is -4.18. The minimum atomic E-state index is -1.53. The van der Waals surface area contributed by atoms with E-state index in [0.29, 0.717) is 0 Å². The predicted molar refractivity (Wildman–Crippen MR) is 62.7 cm³/mol. The van der Waals surface area contributed by atoms with Gasteiger partial charge in [-0.15, -0.1) is 0 Å². The van der Waals surface area contributed by atoms with Crippen molar-refractivity contribution < 1.29 is 23.8 Å². The van der Waals surface area contributed by atoms with Gasteiger partial charge in [0.2, 0.25) is 0 Å². The first-order valence-electron chi connectivity index (χ1n) is 5.47. The van der Waals surface area contributed by atoms with Gasteiger partial charge >= 0.3 is 5.97 Å². The Balaban J connectivity index is 3.05. The molecule has 4 nitrogen and oxygen atoms in total. The van der Waals surface area contributed by atoms with Crippen LogP contribution in [-0.4, -0.2) is 28.8 Å². The number of carbonyl (C=O) groups is 1. The van der Waals surface area contributed by atoms with E-state index in [4.69, 9.17) is 10.2 Å². The van der Waals surface area contributed by atoms with E-state index in [1.807, 2.05) is 13.8 Å². The van der Waals surface area contributed by atoms with Crippen LogP contribution in [0.4, 0.5) is 14.5 Å². The van der Waals surface area contributed by atoms with Crippen LogP contribution in [-0.2, 0) is 0 Å². The maximum absolute atomic E-state index is 13.6. The highest BCUT2D eigenvalue weighted by molar-refractivity contribution is 5.88. The summed E-state index contributed by atoms with van der Waals surface area (Å²) in [5, 5.41) is 20.4. The second kappa shape index (κ2) is 5.77. The van der Waals surface area contributed by atoms with Crippen molar-refractivity contribution in [2.45, 2.75) is 19.9 Å². The summed E-state index contributed by atoms with van der Waals surface area (Å²) in [6.45, 7) is 3.39. The summed E-state index contributed by atoms with van der Waals surface area (Å²) < 4.78 is 27.0. The van der Waals surface area contributed by atoms with E-state index < -0.39 is 29.2 Å². The van der Waals surface area contributed by atoms with Crippen molar-refractivity contribution in [3.05, 3.63) is 29.3 Å². The summed E-state index contributed by atoms with van der Waals surface area (Å²) in [7, 11) is 0. The maximum Gasteiger partial charge on any atom is 0.338 e. The number of aliphatic hydroxyl groups excluding tert-OH is 1. The number of nitrogens with one attached hydrogen (secondary N) is 1. The normalized spacial score (nSPS) is 12.6. The lowest BCUT2D eigenvalue weighted by atomic mass is 10.0. The summed E-state index contributed by atoms with van der Waals surface area (Å²) in [6.07, 6.45) is 0. The highest BCUT2D eigenvalue weighted by Crippen LogP contribution is 2.22. The van der Waals surface area contributed by atoms with Gasteiger partial charge < -0.3 is 15.5 Å². The van der Waals surface area contributed by atoms with Gasteiger partial charge in [0.05, 0.1) is 23.9 Å². The van der Waals surface area contributed by atoms with Crippen LogP contribution in [0.2, 0.25) is 0 Å². The zero-order valence-corrected chi connectivity index (χ0v) is 10.1. The van der Waals surface area contributed by atoms with Crippen LogP contribution in [0.15, 0.2) is 12.1 Å². The van der Waals surface area contributed by atoms with Crippen LogP contribution in [0.5, 0.6) is 0 Å². The lowest BCUT2D eigenvalue weighted by Crippen LogP contribution is -2.30. The van der Waals surface area contributed by atoms with E-state index in [-0.39, 0.29) is 18.2 Å². The van der Waals surface area contributed by atoms with E-state index >= 15 is 0 Å². The van der Waals surface area contributed by atoms with Crippen molar-refractivity contribution in [1.29, 1.82) is 0 Å². The van der Waals surface area contributed by atoms with Crippen LogP contribution in [0.25, 0.3) is 0 Å². The molecule has 0 bridgehead atoms. The molecule has 0 fully saturated rings. The third-order valence-corrected chi connectivity index (χ3v) is 2.66. The van der Waals surface area contributed by atoms with Gasteiger partial charge in [0.15, 0.2) is 11.6 Å². The van der Waals surface area contributed by atoms with E-state index in [2.05, 4.69) is 5.32 Å². The lowest BCUT2D eigenvalue weighted by molar-refractivity contribution is 0.0690. The van der Waals surface area contributed by atoms with Crippen molar-refractivity contribution in [3.63, 3.8) is 0 Å². The topological polar surface area (TPSA) is 69.6 Å². The molecule has 0 spiro atoms. The van der Waals surface area contributed by atoms with Crippen molar-refractivity contribution in [3.8, 4) is 0 Å². The first-order valence-corrected chi connectivity index (χ1v) is 5.47. The van der Waals surface area contributed by atoms with Gasteiger partial charge in [0.25, 0.3) is 0 Å². The Morgan fingerprint density at radius 1 is 1.33 bits per heavy atom. The average molecular weight is 259 g/mol. The van der Waals surface area contributed by atoms with Gasteiger partial charge in [0, 0.05) is 0 Å². The summed E-state index contributed by atoms with van der Waals surface area (Å²) >= 11 is 0. The molecule has 0 aromatic heterocycles. The second-order valence-corrected chi connectivity index (χ2v) is 4.27. The summed E-state index contributed by atoms with van der Waals surface area (Å²) in [5.41, 5.74) is -0.881. The summed E-state index contributed by atoms with van der Waals surface area (Å²) in [6, 6.07) is 1.69. The fourth-order valence-electron chi connectivity index (χ4n) is 1.45. The van der Waals surface area contributed by atoms with Gasteiger partial charge in [-0.3, -0.25) is 0 Å². The molecule has 100 valence electrons. The maximum atomic E-state index is 13.6. The number of hydrogen-bond acceptors (Lipinski definition) is 3. The van der Waals surface area contributed by atoms with Crippen LogP contribution in [0.3, 0.4) is 0 Å². The molecular formula is C12H15F2NO3. The first kappa shape index (κ1) is 14.4. The average Bonchev–Trinajstić information content (AvgIpc) is 2.30. The molecule has 1 aromatic carbocycles. The number of carboxylic acids is 1. The molecule has 1 rings (SSSR count). The molecule has 0 saturated heterocycles. The number of halogens is 2. The summed E-state index contributed by atoms with van der Waals surface area (Å²) in [4.78, 5) is 10.6. The van der Waals surface area contributed by atoms with Crippen LogP contribution >= 0.6 is 0 Å². The zero-order valence-electron chi connectivity index (χ0n) is 10.1. The molecular weight excluding hydrogens is 244 g/mol. The molecule has 1 unspecified atom stereocenters. The van der Waals surface area contributed by atoms with Crippen LogP contribution in [0, 0.1) is 17.6 Å². The molecule has 6 heteroatoms. The third-order valence-electron chi connectivity index (χ3n) is 2.66. The Kier molecular flexibility index (Phi) is 4.61. The Bertz CT molecular complexity index is 449. The van der Waals surface area contributed by atoms with Crippen molar-refractivity contribution in [2.24, 2.45) is 5.92 Å². The van der Waals surface area contributed by atoms with Gasteiger partial charge in [-0.1, -0.05) is 13.8 Å². The molecule has 3 N–H and O–H groups in total. The molecule has 1 atom stereocenters. The minimum Gasteiger partial charge on any atom is -0.478 e. The van der Waals surface area contributed by atoms with E-state index in [0.717, 1.165) is 12.1 Å². The molecule has 0 aliphatic heterocycles. The number of carboxylic acid groups (broad SMARTS) is 1. The van der Waals surface area contributed by atoms with E-state index in [1.165, 1.54) is 0 Å². The number of hydrogen-bond donors (Lipinski definition) is 3. The molecule has 0 radical (unpaired) electrons. The number of aliphatic hydroxyl groups is 1. The fraction of sp³-hybridized carbons (Fsp3) is 0.417. The quantitative estimate of drug-likeness (QED) is 0.757. The standard InChI is InChI=1S/C12H15F2NO3/c1-6(2)9(5-16)15-8-4-3-7(12(17)18)10(13)11(8)14/h3-4,6,9,15-16H,5H2,1-2H3,(H,17,18). The predicted octanol–water partition coefficient (Wildman–Crippen LogP) is 2.09. The van der Waals surface area contributed by atoms with Crippen molar-refractivity contribution >= 4 is 11.7 Å². The minimum absolute atomic E-state index is 0.0108. The Labute approximate surface area is 103 Å². The molecule has 0 aliphatic carbocycles. The molecule has 0 amide bonds. The van der Waals surface area contributed by atoms with E-state index in [1.54, 1.807) is 0 Å². The molecule has 0 saturated carbocycles. The van der Waals surface area contributed by atoms with Gasteiger partial charge in [-0.25, -0.2) is 13.6 Å². The second-order valence-electron chi connectivity index (χ2n) is 4.27. The van der Waals surface area contributed by atoms with Gasteiger partial charge in [0.1, 0.15) is 0 Å². The number of benzene rings is 1. The third kappa shape index (κ3) is 2.95. The van der Waals surface area contributed by atoms with Crippen LogP contribution in [0.1, 0.15) is 24.2 Å². The largest absolute Gasteiger partial charge is 0.478 e. The first-order chi connectivity index (χ1) is 8.38. The number of anilines is 1. The molecule has 18 heavy (non-hydrogen) atoms. The molecule has 1 aromatic rings. The van der Waals surface area contributed by atoms with Crippen LogP contribution < -0.4 is 5.32 Å². The highest BCUT2D eigenvalue weighted by Gasteiger charge is 2.20. The van der Waals surface area contributed by atoms with E-state index in [9.17, 15) is 13.6 Å². The lowest BCUT2D eigenvalue weighted by Gasteiger charge is -2.21. The fourth-order valence-corrected chi connectivity index (χ4v) is 1.45. The highest BCUT2D eigenvalue weighted by atomic mass is 19.2. The SMILES string of the molecule is CC(C)C(CO)Nc1ccc(C(=O)O)c(F)c1F. The molecule has 0 aliphatic rings. The number of aromatic carboxylic acids is 1. The van der Waals surface area contributed by atoms with Crippen molar-refractivity contribution in [2.75, 3.05) is 11.9 Å². The zero-order chi connectivity index (χ0) is 13.9. The van der Waals surface area contributed by atoms with Crippen molar-refractivity contribution in [1.82, 2.24) is 0 Å². The Hall–Kier alpha value is -1.69. The smallest absolute Gasteiger partial charge is 0.338 e. The Morgan fingerprint density at radius 3 is 2.39 bits per heavy atom. The Morgan fingerprint density at radius 2 is 1.94 bits per heavy atom. The van der Waals surface area contributed by atoms with Gasteiger partial charge in [-0.2, -0.15) is 0 Å². The molecule has 0 heterocycles.